The molecule has 4 nitrogen and oxygen atoms in total. The van der Waals surface area contributed by atoms with Crippen LogP contribution in [-0.2, 0) is 13.1 Å². The third-order valence-corrected chi connectivity index (χ3v) is 3.17. The molecule has 0 spiro atoms. The highest BCUT2D eigenvalue weighted by atomic mass is 79.9. The van der Waals surface area contributed by atoms with Gasteiger partial charge in [-0.05, 0) is 34.6 Å². The number of hydrogen-bond acceptors (Lipinski definition) is 3. The second-order valence-electron chi connectivity index (χ2n) is 3.60. The van der Waals surface area contributed by atoms with Crippen molar-refractivity contribution in [3.8, 4) is 0 Å². The van der Waals surface area contributed by atoms with Crippen LogP contribution in [0.1, 0.15) is 11.4 Å². The summed E-state index contributed by atoms with van der Waals surface area (Å²) in [5.74, 6) is 0.457. The van der Waals surface area contributed by atoms with E-state index in [2.05, 4.69) is 31.3 Å². The minimum Gasteiger partial charge on any atom is -0.313 e. The molecule has 90 valence electrons. The minimum absolute atomic E-state index is 0.266. The molecule has 0 radical (unpaired) electrons. The highest BCUT2D eigenvalue weighted by molar-refractivity contribution is 9.10. The van der Waals surface area contributed by atoms with Crippen molar-refractivity contribution in [2.75, 3.05) is 7.05 Å². The molecule has 1 aromatic heterocycles. The molecule has 0 fully saturated rings. The van der Waals surface area contributed by atoms with Gasteiger partial charge in [0, 0.05) is 0 Å². The minimum atomic E-state index is -0.266. The second kappa shape index (κ2) is 5.37. The average molecular weight is 299 g/mol. The normalized spacial score (nSPS) is 10.8. The van der Waals surface area contributed by atoms with Gasteiger partial charge in [0.2, 0.25) is 0 Å². The fourth-order valence-corrected chi connectivity index (χ4v) is 1.88. The van der Waals surface area contributed by atoms with Crippen LogP contribution in [0.15, 0.2) is 29.0 Å². The van der Waals surface area contributed by atoms with Crippen molar-refractivity contribution in [2.45, 2.75) is 13.1 Å². The smallest absolute Gasteiger partial charge is 0.164 e. The molecule has 0 atom stereocenters. The maximum Gasteiger partial charge on any atom is 0.164 e. The first-order valence-electron chi connectivity index (χ1n) is 5.16. The molecule has 0 aliphatic rings. The topological polar surface area (TPSA) is 42.7 Å². The lowest BCUT2D eigenvalue weighted by molar-refractivity contribution is 0.609. The van der Waals surface area contributed by atoms with E-state index >= 15 is 0 Å². The highest BCUT2D eigenvalue weighted by Crippen LogP contribution is 2.20. The van der Waals surface area contributed by atoms with Crippen molar-refractivity contribution in [3.05, 3.63) is 46.2 Å². The third-order valence-electron chi connectivity index (χ3n) is 2.28. The molecule has 0 saturated heterocycles. The average Bonchev–Trinajstić information content (AvgIpc) is 2.73. The Labute approximate surface area is 107 Å². The first-order chi connectivity index (χ1) is 8.20. The SMILES string of the molecule is CNCc1ncn(Cc2cccc(F)c2Br)n1. The molecule has 0 amide bonds. The number of benzene rings is 1. The van der Waals surface area contributed by atoms with Crippen LogP contribution < -0.4 is 5.32 Å². The van der Waals surface area contributed by atoms with E-state index in [0.29, 0.717) is 17.6 Å². The van der Waals surface area contributed by atoms with Crippen LogP contribution >= 0.6 is 15.9 Å². The maximum atomic E-state index is 13.3. The van der Waals surface area contributed by atoms with Crippen molar-refractivity contribution in [2.24, 2.45) is 0 Å². The van der Waals surface area contributed by atoms with Gasteiger partial charge in [0.15, 0.2) is 5.82 Å². The Morgan fingerprint density at radius 3 is 3.06 bits per heavy atom. The standard InChI is InChI=1S/C11H12BrFN4/c1-14-5-10-15-7-17(16-10)6-8-3-2-4-9(13)11(8)12/h2-4,7,14H,5-6H2,1H3. The monoisotopic (exact) mass is 298 g/mol. The summed E-state index contributed by atoms with van der Waals surface area (Å²) in [4.78, 5) is 4.13. The Kier molecular flexibility index (Phi) is 3.86. The Bertz CT molecular complexity index is 512. The van der Waals surface area contributed by atoms with E-state index in [1.54, 1.807) is 17.1 Å². The molecule has 17 heavy (non-hydrogen) atoms. The summed E-state index contributed by atoms with van der Waals surface area (Å²) in [6.07, 6.45) is 1.64. The van der Waals surface area contributed by atoms with Crippen molar-refractivity contribution in [1.29, 1.82) is 0 Å². The first-order valence-corrected chi connectivity index (χ1v) is 5.96. The second-order valence-corrected chi connectivity index (χ2v) is 4.39. The van der Waals surface area contributed by atoms with E-state index < -0.39 is 0 Å². The molecule has 0 aliphatic heterocycles. The fourth-order valence-electron chi connectivity index (χ4n) is 1.49. The van der Waals surface area contributed by atoms with Gasteiger partial charge < -0.3 is 5.32 Å². The molecule has 2 rings (SSSR count). The van der Waals surface area contributed by atoms with Gasteiger partial charge in [-0.15, -0.1) is 0 Å². The summed E-state index contributed by atoms with van der Waals surface area (Å²) < 4.78 is 15.5. The lowest BCUT2D eigenvalue weighted by Crippen LogP contribution is -2.08. The Morgan fingerprint density at radius 2 is 2.29 bits per heavy atom. The summed E-state index contributed by atoms with van der Waals surface area (Å²) in [7, 11) is 1.84. The quantitative estimate of drug-likeness (QED) is 0.938. The van der Waals surface area contributed by atoms with Crippen molar-refractivity contribution in [3.63, 3.8) is 0 Å². The van der Waals surface area contributed by atoms with Gasteiger partial charge in [-0.1, -0.05) is 12.1 Å². The van der Waals surface area contributed by atoms with E-state index in [0.717, 1.165) is 11.4 Å². The number of nitrogens with one attached hydrogen (secondary N) is 1. The molecule has 0 bridgehead atoms. The molecule has 1 aromatic carbocycles. The Hall–Kier alpha value is -1.27. The predicted octanol–water partition coefficient (Wildman–Crippen LogP) is 1.95. The van der Waals surface area contributed by atoms with E-state index in [9.17, 15) is 4.39 Å². The van der Waals surface area contributed by atoms with Crippen LogP contribution in [0.2, 0.25) is 0 Å². The van der Waals surface area contributed by atoms with E-state index in [1.165, 1.54) is 6.07 Å². The fraction of sp³-hybridized carbons (Fsp3) is 0.273. The number of nitrogens with zero attached hydrogens (tertiary/aromatic N) is 3. The van der Waals surface area contributed by atoms with Crippen molar-refractivity contribution < 1.29 is 4.39 Å². The zero-order valence-electron chi connectivity index (χ0n) is 9.32. The summed E-state index contributed by atoms with van der Waals surface area (Å²) in [6.45, 7) is 1.12. The number of hydrogen-bond donors (Lipinski definition) is 1. The number of halogens is 2. The van der Waals surface area contributed by atoms with Crippen LogP contribution in [0.25, 0.3) is 0 Å². The predicted molar refractivity (Wildman–Crippen MR) is 66.0 cm³/mol. The zero-order chi connectivity index (χ0) is 12.3. The van der Waals surface area contributed by atoms with Crippen LogP contribution in [-0.4, -0.2) is 21.8 Å². The molecule has 0 aliphatic carbocycles. The van der Waals surface area contributed by atoms with Crippen molar-refractivity contribution in [1.82, 2.24) is 20.1 Å². The van der Waals surface area contributed by atoms with Crippen LogP contribution in [0, 0.1) is 5.82 Å². The van der Waals surface area contributed by atoms with Gasteiger partial charge in [0.1, 0.15) is 12.1 Å². The lowest BCUT2D eigenvalue weighted by atomic mass is 10.2. The van der Waals surface area contributed by atoms with Crippen LogP contribution in [0.3, 0.4) is 0 Å². The maximum absolute atomic E-state index is 13.3. The molecule has 2 aromatic rings. The molecule has 6 heteroatoms. The summed E-state index contributed by atoms with van der Waals surface area (Å²) in [5, 5.41) is 7.24. The largest absolute Gasteiger partial charge is 0.313 e. The molecular formula is C11H12BrFN4. The van der Waals surface area contributed by atoms with E-state index in [-0.39, 0.29) is 5.82 Å². The lowest BCUT2D eigenvalue weighted by Gasteiger charge is -2.04. The third kappa shape index (κ3) is 2.89. The Morgan fingerprint density at radius 1 is 1.47 bits per heavy atom. The summed E-state index contributed by atoms with van der Waals surface area (Å²) in [5.41, 5.74) is 0.839. The van der Waals surface area contributed by atoms with Crippen LogP contribution in [0.4, 0.5) is 4.39 Å². The molecular weight excluding hydrogens is 287 g/mol. The highest BCUT2D eigenvalue weighted by Gasteiger charge is 2.07. The van der Waals surface area contributed by atoms with Gasteiger partial charge >= 0.3 is 0 Å². The summed E-state index contributed by atoms with van der Waals surface area (Å²) in [6, 6.07) is 4.95. The van der Waals surface area contributed by atoms with Gasteiger partial charge in [0.05, 0.1) is 17.6 Å². The van der Waals surface area contributed by atoms with Crippen molar-refractivity contribution >= 4 is 15.9 Å². The summed E-state index contributed by atoms with van der Waals surface area (Å²) >= 11 is 3.23. The van der Waals surface area contributed by atoms with Gasteiger partial charge in [0.25, 0.3) is 0 Å². The Balaban J connectivity index is 2.16. The molecule has 0 saturated carbocycles. The zero-order valence-corrected chi connectivity index (χ0v) is 10.9. The van der Waals surface area contributed by atoms with Gasteiger partial charge in [-0.3, -0.25) is 0 Å². The van der Waals surface area contributed by atoms with Gasteiger partial charge in [-0.2, -0.15) is 5.10 Å². The van der Waals surface area contributed by atoms with Gasteiger partial charge in [-0.25, -0.2) is 14.1 Å². The molecule has 1 heterocycles. The van der Waals surface area contributed by atoms with E-state index in [4.69, 9.17) is 0 Å². The van der Waals surface area contributed by atoms with E-state index in [1.807, 2.05) is 13.1 Å². The van der Waals surface area contributed by atoms with Crippen LogP contribution in [0.5, 0.6) is 0 Å². The number of rotatable bonds is 4. The molecule has 1 N–H and O–H groups in total. The molecule has 0 unspecified atom stereocenters. The first kappa shape index (κ1) is 12.2. The number of aromatic nitrogens is 3.